The molecule has 0 bridgehead atoms. The second-order valence-corrected chi connectivity index (χ2v) is 14.5. The quantitative estimate of drug-likeness (QED) is 0.164. The molecule has 1 aromatic heterocycles. The van der Waals surface area contributed by atoms with Gasteiger partial charge in [0, 0.05) is 48.6 Å². The molecular weight excluding hydrogens is 680 g/mol. The Hall–Kier alpha value is -4.83. The largest absolute Gasteiger partial charge is 0.488 e. The third-order valence-electron chi connectivity index (χ3n) is 8.08. The lowest BCUT2D eigenvalue weighted by Gasteiger charge is -2.21. The van der Waals surface area contributed by atoms with Crippen molar-refractivity contribution < 1.29 is 32.2 Å². The summed E-state index contributed by atoms with van der Waals surface area (Å²) < 4.78 is 51.1. The van der Waals surface area contributed by atoms with Gasteiger partial charge in [-0.05, 0) is 60.5 Å². The number of ether oxygens (including phenoxy) is 4. The summed E-state index contributed by atoms with van der Waals surface area (Å²) in [6.45, 7) is 7.11. The van der Waals surface area contributed by atoms with E-state index in [1.165, 1.54) is 6.20 Å². The first kappa shape index (κ1) is 36.5. The van der Waals surface area contributed by atoms with Crippen LogP contribution in [0.15, 0.2) is 67.0 Å². The van der Waals surface area contributed by atoms with Crippen LogP contribution in [0.3, 0.4) is 0 Å². The van der Waals surface area contributed by atoms with Crippen LogP contribution >= 0.6 is 11.6 Å². The van der Waals surface area contributed by atoms with Gasteiger partial charge in [-0.15, -0.1) is 0 Å². The van der Waals surface area contributed by atoms with Crippen molar-refractivity contribution in [2.24, 2.45) is 5.92 Å². The first-order chi connectivity index (χ1) is 23.9. The van der Waals surface area contributed by atoms with Crippen LogP contribution in [-0.2, 0) is 34.6 Å². The molecule has 2 heterocycles. The molecule has 0 unspecified atom stereocenters. The molecule has 1 aliphatic heterocycles. The summed E-state index contributed by atoms with van der Waals surface area (Å²) in [4.78, 5) is 17.9. The molecule has 0 atom stereocenters. The fourth-order valence-corrected chi connectivity index (χ4v) is 6.66. The van der Waals surface area contributed by atoms with E-state index in [9.17, 15) is 18.5 Å². The molecule has 0 spiro atoms. The van der Waals surface area contributed by atoms with Crippen LogP contribution in [0.1, 0.15) is 41.7 Å². The van der Waals surface area contributed by atoms with E-state index in [0.717, 1.165) is 33.8 Å². The normalized spacial score (nSPS) is 12.4. The lowest BCUT2D eigenvalue weighted by Crippen LogP contribution is -2.38. The highest BCUT2D eigenvalue weighted by molar-refractivity contribution is 7.90. The Morgan fingerprint density at radius 2 is 1.78 bits per heavy atom. The van der Waals surface area contributed by atoms with Crippen molar-refractivity contribution in [1.29, 1.82) is 5.26 Å². The molecular formula is C37H39ClN4O7S. The Morgan fingerprint density at radius 3 is 2.54 bits per heavy atom. The van der Waals surface area contributed by atoms with Gasteiger partial charge in [-0.2, -0.15) is 5.26 Å². The highest BCUT2D eigenvalue weighted by Gasteiger charge is 2.20. The van der Waals surface area contributed by atoms with Gasteiger partial charge >= 0.3 is 0 Å². The minimum Gasteiger partial charge on any atom is -0.488 e. The average molecular weight is 719 g/mol. The maximum absolute atomic E-state index is 12.5. The number of rotatable bonds is 14. The summed E-state index contributed by atoms with van der Waals surface area (Å²) in [6.07, 6.45) is 3.09. The molecule has 0 aliphatic carbocycles. The Morgan fingerprint density at radius 1 is 1.02 bits per heavy atom. The minimum atomic E-state index is -3.82. The number of hydrogen-bond donors (Lipinski definition) is 1. The van der Waals surface area contributed by atoms with Crippen molar-refractivity contribution in [2.45, 2.75) is 40.5 Å². The third-order valence-corrected chi connectivity index (χ3v) is 9.61. The number of aromatic nitrogens is 1. The van der Waals surface area contributed by atoms with E-state index < -0.39 is 21.8 Å². The highest BCUT2D eigenvalue weighted by Crippen LogP contribution is 2.37. The van der Waals surface area contributed by atoms with Gasteiger partial charge in [0.05, 0.1) is 16.3 Å². The van der Waals surface area contributed by atoms with Crippen molar-refractivity contribution >= 4 is 27.5 Å². The molecule has 1 aliphatic rings. The molecule has 0 radical (unpaired) electrons. The second-order valence-electron chi connectivity index (χ2n) is 12.3. The fraction of sp³-hybridized carbons (Fsp3) is 0.324. The zero-order valence-electron chi connectivity index (χ0n) is 28.4. The summed E-state index contributed by atoms with van der Waals surface area (Å²) in [5, 5.41) is 9.65. The van der Waals surface area contributed by atoms with Crippen LogP contribution < -0.4 is 23.7 Å². The van der Waals surface area contributed by atoms with E-state index in [4.69, 9.17) is 30.5 Å². The minimum absolute atomic E-state index is 0.118. The number of sulfonamides is 1. The Bertz CT molecular complexity index is 2010. The molecule has 0 saturated heterocycles. The SMILES string of the molecule is Cc1c(COc2cc(OCc3cncc(C#N)c3)c(CN(C)CCS(=O)(=O)NC(=O)C(C)C)cc2Cl)cccc1-c1ccc2c(c1)OCCO2. The zero-order chi connectivity index (χ0) is 35.8. The number of benzene rings is 3. The number of fused-ring (bicyclic) bond motifs is 1. The zero-order valence-corrected chi connectivity index (χ0v) is 29.9. The van der Waals surface area contributed by atoms with Gasteiger partial charge in [0.2, 0.25) is 15.9 Å². The predicted octanol–water partition coefficient (Wildman–Crippen LogP) is 6.05. The summed E-state index contributed by atoms with van der Waals surface area (Å²) in [5.74, 6) is 1.04. The van der Waals surface area contributed by atoms with Crippen molar-refractivity contribution in [3.8, 4) is 40.2 Å². The molecule has 11 nitrogen and oxygen atoms in total. The van der Waals surface area contributed by atoms with Gasteiger partial charge < -0.3 is 23.8 Å². The molecule has 1 N–H and O–H groups in total. The molecule has 0 fully saturated rings. The van der Waals surface area contributed by atoms with Crippen LogP contribution in [0.4, 0.5) is 0 Å². The van der Waals surface area contributed by atoms with Crippen LogP contribution in [0.25, 0.3) is 11.1 Å². The van der Waals surface area contributed by atoms with E-state index in [1.54, 1.807) is 50.2 Å². The van der Waals surface area contributed by atoms with Crippen molar-refractivity contribution in [3.05, 3.63) is 99.8 Å². The van der Waals surface area contributed by atoms with Gasteiger partial charge in [0.25, 0.3) is 0 Å². The maximum atomic E-state index is 12.5. The molecule has 0 saturated carbocycles. The number of carbonyl (C=O) groups is 1. The molecule has 50 heavy (non-hydrogen) atoms. The van der Waals surface area contributed by atoms with Crippen molar-refractivity contribution in [3.63, 3.8) is 0 Å². The van der Waals surface area contributed by atoms with Gasteiger partial charge in [-0.3, -0.25) is 14.5 Å². The first-order valence-electron chi connectivity index (χ1n) is 16.1. The molecule has 13 heteroatoms. The van der Waals surface area contributed by atoms with Crippen molar-refractivity contribution in [1.82, 2.24) is 14.6 Å². The number of pyridine rings is 1. The number of carbonyl (C=O) groups excluding carboxylic acids is 1. The highest BCUT2D eigenvalue weighted by atomic mass is 35.5. The molecule has 3 aromatic carbocycles. The van der Waals surface area contributed by atoms with Gasteiger partial charge in [0.15, 0.2) is 11.5 Å². The van der Waals surface area contributed by atoms with E-state index in [-0.39, 0.29) is 32.1 Å². The van der Waals surface area contributed by atoms with E-state index in [1.807, 2.05) is 43.3 Å². The number of amides is 1. The average Bonchev–Trinajstić information content (AvgIpc) is 3.10. The molecule has 5 rings (SSSR count). The van der Waals surface area contributed by atoms with Crippen LogP contribution in [-0.4, -0.2) is 56.8 Å². The number of nitrogens with one attached hydrogen (secondary N) is 1. The second kappa shape index (κ2) is 16.3. The fourth-order valence-electron chi connectivity index (χ4n) is 5.22. The summed E-state index contributed by atoms with van der Waals surface area (Å²) in [6, 6.07) is 19.2. The standard InChI is InChI=1S/C37H39ClN4O7S/c1-24(2)37(43)41-50(44,45)13-10-42(4)21-30-15-32(38)35(17-34(30)48-22-27-14-26(18-39)19-40-20-27)49-23-29-6-5-7-31(25(29)3)28-8-9-33-36(16-28)47-12-11-46-33/h5-9,14-17,19-20,24H,10-13,21-23H2,1-4H3,(H,41,43). The van der Waals surface area contributed by atoms with Gasteiger partial charge in [-0.25, -0.2) is 8.42 Å². The third kappa shape index (κ3) is 9.44. The number of nitrogens with zero attached hydrogens (tertiary/aromatic N) is 3. The molecule has 4 aromatic rings. The Labute approximate surface area is 297 Å². The predicted molar refractivity (Wildman–Crippen MR) is 190 cm³/mol. The smallest absolute Gasteiger partial charge is 0.236 e. The monoisotopic (exact) mass is 718 g/mol. The van der Waals surface area contributed by atoms with Crippen LogP contribution in [0, 0.1) is 24.2 Å². The van der Waals surface area contributed by atoms with E-state index >= 15 is 0 Å². The number of nitriles is 1. The molecule has 262 valence electrons. The van der Waals surface area contributed by atoms with Gasteiger partial charge in [0.1, 0.15) is 44.0 Å². The lowest BCUT2D eigenvalue weighted by molar-refractivity contribution is -0.122. The maximum Gasteiger partial charge on any atom is 0.236 e. The Kier molecular flexibility index (Phi) is 11.8. The summed E-state index contributed by atoms with van der Waals surface area (Å²) in [7, 11) is -2.05. The number of halogens is 1. The van der Waals surface area contributed by atoms with E-state index in [2.05, 4.69) is 15.8 Å². The summed E-state index contributed by atoms with van der Waals surface area (Å²) in [5.41, 5.74) is 5.83. The lowest BCUT2D eigenvalue weighted by atomic mass is 9.96. The first-order valence-corrected chi connectivity index (χ1v) is 18.1. The Balaban J connectivity index is 1.35. The van der Waals surface area contributed by atoms with Crippen molar-refractivity contribution in [2.75, 3.05) is 32.6 Å². The topological polar surface area (TPSA) is 140 Å². The van der Waals surface area contributed by atoms with Crippen LogP contribution in [0.5, 0.6) is 23.0 Å². The van der Waals surface area contributed by atoms with E-state index in [0.29, 0.717) is 46.4 Å². The summed E-state index contributed by atoms with van der Waals surface area (Å²) >= 11 is 6.76. The van der Waals surface area contributed by atoms with Gasteiger partial charge in [-0.1, -0.05) is 49.7 Å². The number of hydrogen-bond acceptors (Lipinski definition) is 10. The van der Waals surface area contributed by atoms with Crippen LogP contribution in [0.2, 0.25) is 5.02 Å². The molecule has 1 amide bonds.